The molecule has 0 aliphatic heterocycles. The van der Waals surface area contributed by atoms with E-state index in [1.54, 1.807) is 13.1 Å². The highest BCUT2D eigenvalue weighted by atomic mass is 16.1. The van der Waals surface area contributed by atoms with E-state index < -0.39 is 0 Å². The van der Waals surface area contributed by atoms with E-state index in [0.29, 0.717) is 17.3 Å². The number of nitrogens with zero attached hydrogens (tertiary/aromatic N) is 2. The van der Waals surface area contributed by atoms with E-state index in [2.05, 4.69) is 10.3 Å². The number of benzene rings is 2. The number of rotatable bonds is 3. The molecular formula is C17H15N3O2. The predicted octanol–water partition coefficient (Wildman–Crippen LogP) is 1.67. The number of carbonyl (C=O) groups is 1. The Morgan fingerprint density at radius 3 is 2.59 bits per heavy atom. The van der Waals surface area contributed by atoms with E-state index >= 15 is 0 Å². The third-order valence-electron chi connectivity index (χ3n) is 3.52. The molecule has 1 aromatic heterocycles. The Bertz CT molecular complexity index is 882. The van der Waals surface area contributed by atoms with Gasteiger partial charge in [-0.15, -0.1) is 0 Å². The monoisotopic (exact) mass is 293 g/mol. The Labute approximate surface area is 127 Å². The fourth-order valence-electron chi connectivity index (χ4n) is 2.30. The minimum atomic E-state index is -0.107. The Hall–Kier alpha value is -2.95. The van der Waals surface area contributed by atoms with Gasteiger partial charge in [0, 0.05) is 7.05 Å². The van der Waals surface area contributed by atoms with Gasteiger partial charge in [0.2, 0.25) is 5.91 Å². The summed E-state index contributed by atoms with van der Waals surface area (Å²) in [5, 5.41) is 3.17. The molecule has 3 aromatic rings. The largest absolute Gasteiger partial charge is 0.359 e. The molecule has 0 saturated heterocycles. The molecule has 1 heterocycles. The van der Waals surface area contributed by atoms with Crippen molar-refractivity contribution in [3.63, 3.8) is 0 Å². The number of hydrogen-bond donors (Lipinski definition) is 1. The van der Waals surface area contributed by atoms with E-state index in [1.165, 1.54) is 10.9 Å². The molecule has 0 aliphatic carbocycles. The number of hydrogen-bond acceptors (Lipinski definition) is 3. The molecule has 0 aliphatic rings. The van der Waals surface area contributed by atoms with Crippen LogP contribution in [0.1, 0.15) is 5.56 Å². The number of nitrogens with one attached hydrogen (secondary N) is 1. The van der Waals surface area contributed by atoms with E-state index in [9.17, 15) is 9.59 Å². The molecule has 0 saturated carbocycles. The molecule has 5 nitrogen and oxygen atoms in total. The van der Waals surface area contributed by atoms with Crippen LogP contribution in [-0.2, 0) is 11.2 Å². The van der Waals surface area contributed by atoms with Crippen LogP contribution < -0.4 is 10.9 Å². The molecular weight excluding hydrogens is 278 g/mol. The summed E-state index contributed by atoms with van der Waals surface area (Å²) >= 11 is 0. The topological polar surface area (TPSA) is 64.0 Å². The van der Waals surface area contributed by atoms with Gasteiger partial charge in [0.15, 0.2) is 0 Å². The van der Waals surface area contributed by atoms with Gasteiger partial charge < -0.3 is 5.32 Å². The summed E-state index contributed by atoms with van der Waals surface area (Å²) in [4.78, 5) is 28.2. The van der Waals surface area contributed by atoms with Gasteiger partial charge in [-0.25, -0.2) is 4.98 Å². The first kappa shape index (κ1) is 14.0. The molecule has 0 atom stereocenters. The molecule has 0 spiro atoms. The summed E-state index contributed by atoms with van der Waals surface area (Å²) in [6, 6.07) is 14.6. The molecule has 2 aromatic carbocycles. The van der Waals surface area contributed by atoms with Gasteiger partial charge in [-0.1, -0.05) is 24.3 Å². The summed E-state index contributed by atoms with van der Waals surface area (Å²) in [6.07, 6.45) is 1.85. The Morgan fingerprint density at radius 2 is 1.86 bits per heavy atom. The molecule has 1 amide bonds. The minimum absolute atomic E-state index is 0.0442. The van der Waals surface area contributed by atoms with Gasteiger partial charge in [0.05, 0.1) is 23.0 Å². The number of amides is 1. The zero-order valence-corrected chi connectivity index (χ0v) is 12.1. The van der Waals surface area contributed by atoms with E-state index in [-0.39, 0.29) is 11.5 Å². The smallest absolute Gasteiger partial charge is 0.265 e. The van der Waals surface area contributed by atoms with Gasteiger partial charge in [0.1, 0.15) is 6.33 Å². The van der Waals surface area contributed by atoms with Crippen LogP contribution in [0, 0.1) is 0 Å². The van der Waals surface area contributed by atoms with Crippen molar-refractivity contribution in [2.45, 2.75) is 6.42 Å². The van der Waals surface area contributed by atoms with Crippen LogP contribution in [0.25, 0.3) is 16.6 Å². The van der Waals surface area contributed by atoms with Crippen LogP contribution >= 0.6 is 0 Å². The maximum atomic E-state index is 12.5. The van der Waals surface area contributed by atoms with Crippen molar-refractivity contribution in [2.75, 3.05) is 7.05 Å². The SMILES string of the molecule is CNC(=O)Cc1ccc(-n2cnc3ccccc3c2=O)cc1. The third-order valence-corrected chi connectivity index (χ3v) is 3.52. The molecule has 0 radical (unpaired) electrons. The molecule has 110 valence electrons. The second kappa shape index (κ2) is 5.81. The first-order valence-corrected chi connectivity index (χ1v) is 6.95. The lowest BCUT2D eigenvalue weighted by molar-refractivity contribution is -0.119. The highest BCUT2D eigenvalue weighted by molar-refractivity contribution is 5.78. The van der Waals surface area contributed by atoms with E-state index in [1.807, 2.05) is 42.5 Å². The summed E-state index contributed by atoms with van der Waals surface area (Å²) in [6.45, 7) is 0. The van der Waals surface area contributed by atoms with Crippen molar-refractivity contribution in [3.8, 4) is 5.69 Å². The molecule has 0 unspecified atom stereocenters. The maximum absolute atomic E-state index is 12.5. The van der Waals surface area contributed by atoms with Crippen LogP contribution in [0.4, 0.5) is 0 Å². The zero-order chi connectivity index (χ0) is 15.5. The quantitative estimate of drug-likeness (QED) is 0.799. The van der Waals surface area contributed by atoms with Crippen LogP contribution in [0.15, 0.2) is 59.7 Å². The lowest BCUT2D eigenvalue weighted by Gasteiger charge is -2.07. The first-order valence-electron chi connectivity index (χ1n) is 6.95. The highest BCUT2D eigenvalue weighted by Gasteiger charge is 2.06. The molecule has 1 N–H and O–H groups in total. The minimum Gasteiger partial charge on any atom is -0.359 e. The fraction of sp³-hybridized carbons (Fsp3) is 0.118. The Balaban J connectivity index is 1.99. The van der Waals surface area contributed by atoms with Crippen molar-refractivity contribution < 1.29 is 4.79 Å². The first-order chi connectivity index (χ1) is 10.7. The number of likely N-dealkylation sites (N-methyl/N-ethyl adjacent to an activating group) is 1. The fourth-order valence-corrected chi connectivity index (χ4v) is 2.30. The van der Waals surface area contributed by atoms with Gasteiger partial charge in [-0.3, -0.25) is 14.2 Å². The lowest BCUT2D eigenvalue weighted by Crippen LogP contribution is -2.20. The van der Waals surface area contributed by atoms with Gasteiger partial charge in [-0.2, -0.15) is 0 Å². The average molecular weight is 293 g/mol. The molecule has 3 rings (SSSR count). The predicted molar refractivity (Wildman–Crippen MR) is 85.1 cm³/mol. The number of aromatic nitrogens is 2. The standard InChI is InChI=1S/C17H15N3O2/c1-18-16(21)10-12-6-8-13(9-7-12)20-11-19-15-5-3-2-4-14(15)17(20)22/h2-9,11H,10H2,1H3,(H,18,21). The Kier molecular flexibility index (Phi) is 3.70. The number of para-hydroxylation sites is 1. The van der Waals surface area contributed by atoms with Gasteiger partial charge in [-0.05, 0) is 29.8 Å². The second-order valence-electron chi connectivity index (χ2n) is 4.95. The van der Waals surface area contributed by atoms with Gasteiger partial charge in [0.25, 0.3) is 5.56 Å². The molecule has 5 heteroatoms. The molecule has 22 heavy (non-hydrogen) atoms. The van der Waals surface area contributed by atoms with Crippen LogP contribution in [0.5, 0.6) is 0 Å². The second-order valence-corrected chi connectivity index (χ2v) is 4.95. The van der Waals surface area contributed by atoms with Gasteiger partial charge >= 0.3 is 0 Å². The van der Waals surface area contributed by atoms with Crippen LogP contribution in [0.3, 0.4) is 0 Å². The van der Waals surface area contributed by atoms with Crippen LogP contribution in [0.2, 0.25) is 0 Å². The van der Waals surface area contributed by atoms with E-state index in [4.69, 9.17) is 0 Å². The lowest BCUT2D eigenvalue weighted by atomic mass is 10.1. The van der Waals surface area contributed by atoms with Crippen molar-refractivity contribution in [3.05, 3.63) is 70.8 Å². The summed E-state index contributed by atoms with van der Waals surface area (Å²) in [7, 11) is 1.61. The summed E-state index contributed by atoms with van der Waals surface area (Å²) in [5.74, 6) is -0.0442. The van der Waals surface area contributed by atoms with E-state index in [0.717, 1.165) is 11.3 Å². The van der Waals surface area contributed by atoms with Crippen molar-refractivity contribution in [2.24, 2.45) is 0 Å². The third kappa shape index (κ3) is 2.61. The summed E-state index contributed by atoms with van der Waals surface area (Å²) in [5.41, 5.74) is 2.19. The normalized spacial score (nSPS) is 10.6. The van der Waals surface area contributed by atoms with Crippen molar-refractivity contribution in [1.82, 2.24) is 14.9 Å². The van der Waals surface area contributed by atoms with Crippen molar-refractivity contribution >= 4 is 16.8 Å². The number of fused-ring (bicyclic) bond motifs is 1. The van der Waals surface area contributed by atoms with Crippen LogP contribution in [-0.4, -0.2) is 22.5 Å². The maximum Gasteiger partial charge on any atom is 0.265 e. The highest BCUT2D eigenvalue weighted by Crippen LogP contribution is 2.11. The number of carbonyl (C=O) groups excluding carboxylic acids is 1. The summed E-state index contributed by atoms with van der Waals surface area (Å²) < 4.78 is 1.51. The molecule has 0 fully saturated rings. The Morgan fingerprint density at radius 1 is 1.14 bits per heavy atom. The van der Waals surface area contributed by atoms with Crippen molar-refractivity contribution in [1.29, 1.82) is 0 Å². The average Bonchev–Trinajstić information content (AvgIpc) is 2.56. The zero-order valence-electron chi connectivity index (χ0n) is 12.1. The molecule has 0 bridgehead atoms.